The summed E-state index contributed by atoms with van der Waals surface area (Å²) >= 11 is 0. The van der Waals surface area contributed by atoms with Gasteiger partial charge < -0.3 is 10.3 Å². The molecule has 3 rings (SSSR count). The van der Waals surface area contributed by atoms with Gasteiger partial charge in [0.15, 0.2) is 0 Å². The standard InChI is InChI=1S/C19H20N2.C4H6/c1-13-4-7-15(8-5-13)9-11-17-19(20-3)16-10-6-14(2)12-18(16)21-17;1-3-4-2/h4-12,20-21H,1-3H3;3-4H,1-2H2/b11-9+;. The molecule has 0 fully saturated rings. The summed E-state index contributed by atoms with van der Waals surface area (Å²) < 4.78 is 0. The molecular formula is C23H26N2. The largest absolute Gasteiger partial charge is 0.386 e. The van der Waals surface area contributed by atoms with E-state index in [4.69, 9.17) is 0 Å². The van der Waals surface area contributed by atoms with Gasteiger partial charge in [0.05, 0.1) is 11.4 Å². The van der Waals surface area contributed by atoms with Crippen LogP contribution in [0.1, 0.15) is 22.4 Å². The summed E-state index contributed by atoms with van der Waals surface area (Å²) in [5, 5.41) is 4.53. The summed E-state index contributed by atoms with van der Waals surface area (Å²) in [5.41, 5.74) is 7.18. The Hall–Kier alpha value is -3.00. The molecule has 0 saturated carbocycles. The summed E-state index contributed by atoms with van der Waals surface area (Å²) in [6.07, 6.45) is 7.55. The Morgan fingerprint density at radius 1 is 0.880 bits per heavy atom. The van der Waals surface area contributed by atoms with E-state index in [9.17, 15) is 0 Å². The van der Waals surface area contributed by atoms with Crippen molar-refractivity contribution in [2.75, 3.05) is 12.4 Å². The van der Waals surface area contributed by atoms with Crippen LogP contribution >= 0.6 is 0 Å². The molecule has 0 aliphatic heterocycles. The molecule has 0 radical (unpaired) electrons. The zero-order valence-electron chi connectivity index (χ0n) is 15.3. The number of H-pyrrole nitrogens is 1. The molecule has 2 aromatic carbocycles. The van der Waals surface area contributed by atoms with Gasteiger partial charge in [-0.3, -0.25) is 0 Å². The summed E-state index contributed by atoms with van der Waals surface area (Å²) in [5.74, 6) is 0. The molecule has 0 atom stereocenters. The van der Waals surface area contributed by atoms with Crippen molar-refractivity contribution >= 4 is 28.7 Å². The molecule has 3 aromatic rings. The number of anilines is 1. The quantitative estimate of drug-likeness (QED) is 0.536. The van der Waals surface area contributed by atoms with Gasteiger partial charge in [0, 0.05) is 18.0 Å². The highest BCUT2D eigenvalue weighted by atomic mass is 14.9. The molecule has 2 heteroatoms. The van der Waals surface area contributed by atoms with Crippen molar-refractivity contribution in [2.24, 2.45) is 0 Å². The second-order valence-electron chi connectivity index (χ2n) is 5.93. The number of hydrogen-bond acceptors (Lipinski definition) is 1. The van der Waals surface area contributed by atoms with E-state index in [1.807, 2.05) is 7.05 Å². The third-order valence-electron chi connectivity index (χ3n) is 3.92. The van der Waals surface area contributed by atoms with Crippen molar-refractivity contribution in [3.05, 3.63) is 90.2 Å². The summed E-state index contributed by atoms with van der Waals surface area (Å²) in [6.45, 7) is 10.9. The van der Waals surface area contributed by atoms with E-state index in [0.717, 1.165) is 11.4 Å². The van der Waals surface area contributed by atoms with Crippen LogP contribution in [0.3, 0.4) is 0 Å². The van der Waals surface area contributed by atoms with Crippen LogP contribution in [-0.2, 0) is 0 Å². The highest BCUT2D eigenvalue weighted by Gasteiger charge is 2.07. The highest BCUT2D eigenvalue weighted by molar-refractivity contribution is 5.98. The number of rotatable bonds is 4. The van der Waals surface area contributed by atoms with Gasteiger partial charge in [-0.1, -0.05) is 73.3 Å². The molecule has 0 aliphatic carbocycles. The Morgan fingerprint density at radius 2 is 1.52 bits per heavy atom. The van der Waals surface area contributed by atoms with Gasteiger partial charge in [0.2, 0.25) is 0 Å². The predicted octanol–water partition coefficient (Wildman–Crippen LogP) is 6.36. The molecule has 0 spiro atoms. The van der Waals surface area contributed by atoms with Crippen molar-refractivity contribution < 1.29 is 0 Å². The smallest absolute Gasteiger partial charge is 0.0671 e. The molecular weight excluding hydrogens is 304 g/mol. The molecule has 128 valence electrons. The van der Waals surface area contributed by atoms with Crippen molar-refractivity contribution in [1.29, 1.82) is 0 Å². The van der Waals surface area contributed by atoms with E-state index in [2.05, 4.69) is 91.9 Å². The number of benzene rings is 2. The Kier molecular flexibility index (Phi) is 6.41. The average Bonchev–Trinajstić information content (AvgIpc) is 2.97. The second-order valence-corrected chi connectivity index (χ2v) is 5.93. The van der Waals surface area contributed by atoms with E-state index in [0.29, 0.717) is 0 Å². The molecule has 25 heavy (non-hydrogen) atoms. The molecule has 2 N–H and O–H groups in total. The van der Waals surface area contributed by atoms with Crippen LogP contribution in [-0.4, -0.2) is 12.0 Å². The van der Waals surface area contributed by atoms with Crippen LogP contribution < -0.4 is 5.32 Å². The van der Waals surface area contributed by atoms with Crippen LogP contribution in [0.15, 0.2) is 67.8 Å². The zero-order chi connectivity index (χ0) is 18.2. The fraction of sp³-hybridized carbons (Fsp3) is 0.130. The predicted molar refractivity (Wildman–Crippen MR) is 113 cm³/mol. The maximum atomic E-state index is 3.49. The fourth-order valence-electron chi connectivity index (χ4n) is 2.58. The summed E-state index contributed by atoms with van der Waals surface area (Å²) in [4.78, 5) is 3.49. The third-order valence-corrected chi connectivity index (χ3v) is 3.92. The van der Waals surface area contributed by atoms with E-state index in [-0.39, 0.29) is 0 Å². The number of aryl methyl sites for hydroxylation is 2. The fourth-order valence-corrected chi connectivity index (χ4v) is 2.58. The van der Waals surface area contributed by atoms with Gasteiger partial charge in [-0.25, -0.2) is 0 Å². The van der Waals surface area contributed by atoms with Gasteiger partial charge >= 0.3 is 0 Å². The molecule has 0 unspecified atom stereocenters. The number of nitrogens with one attached hydrogen (secondary N) is 2. The Labute approximate surface area is 150 Å². The van der Waals surface area contributed by atoms with Gasteiger partial charge in [-0.2, -0.15) is 0 Å². The average molecular weight is 330 g/mol. The zero-order valence-corrected chi connectivity index (χ0v) is 15.3. The van der Waals surface area contributed by atoms with Crippen LogP contribution in [0.25, 0.3) is 23.1 Å². The first-order chi connectivity index (χ1) is 12.1. The lowest BCUT2D eigenvalue weighted by atomic mass is 10.1. The molecule has 0 saturated heterocycles. The van der Waals surface area contributed by atoms with Crippen LogP contribution in [0.5, 0.6) is 0 Å². The molecule has 2 nitrogen and oxygen atoms in total. The number of allylic oxidation sites excluding steroid dienone is 2. The number of aromatic nitrogens is 1. The Bertz CT molecular complexity index is 874. The first-order valence-corrected chi connectivity index (χ1v) is 8.37. The van der Waals surface area contributed by atoms with E-state index >= 15 is 0 Å². The van der Waals surface area contributed by atoms with E-state index < -0.39 is 0 Å². The summed E-state index contributed by atoms with van der Waals surface area (Å²) in [6, 6.07) is 15.0. The Balaban J connectivity index is 0.000000511. The van der Waals surface area contributed by atoms with Crippen LogP contribution in [0.4, 0.5) is 5.69 Å². The first-order valence-electron chi connectivity index (χ1n) is 8.37. The van der Waals surface area contributed by atoms with Crippen molar-refractivity contribution in [3.63, 3.8) is 0 Å². The summed E-state index contributed by atoms with van der Waals surface area (Å²) in [7, 11) is 1.96. The lowest BCUT2D eigenvalue weighted by Crippen LogP contribution is -1.88. The minimum Gasteiger partial charge on any atom is -0.386 e. The SMILES string of the molecule is C=CC=C.CNc1c(/C=C/c2ccc(C)cc2)[nH]c2cc(C)ccc12. The molecule has 1 heterocycles. The van der Waals surface area contributed by atoms with E-state index in [1.165, 1.54) is 27.6 Å². The lowest BCUT2D eigenvalue weighted by Gasteiger charge is -2.00. The number of aromatic amines is 1. The van der Waals surface area contributed by atoms with Crippen molar-refractivity contribution in [3.8, 4) is 0 Å². The maximum absolute atomic E-state index is 3.49. The molecule has 0 aliphatic rings. The minimum absolute atomic E-state index is 1.11. The molecule has 0 amide bonds. The second kappa shape index (κ2) is 8.74. The van der Waals surface area contributed by atoms with Gasteiger partial charge in [-0.15, -0.1) is 0 Å². The van der Waals surface area contributed by atoms with Crippen molar-refractivity contribution in [2.45, 2.75) is 13.8 Å². The maximum Gasteiger partial charge on any atom is 0.0671 e. The Morgan fingerprint density at radius 3 is 2.12 bits per heavy atom. The normalized spacial score (nSPS) is 10.4. The monoisotopic (exact) mass is 330 g/mol. The lowest BCUT2D eigenvalue weighted by molar-refractivity contribution is 1.40. The van der Waals surface area contributed by atoms with Crippen LogP contribution in [0.2, 0.25) is 0 Å². The third kappa shape index (κ3) is 4.74. The van der Waals surface area contributed by atoms with Gasteiger partial charge in [0.25, 0.3) is 0 Å². The topological polar surface area (TPSA) is 27.8 Å². The number of fused-ring (bicyclic) bond motifs is 1. The first kappa shape index (κ1) is 18.3. The highest BCUT2D eigenvalue weighted by Crippen LogP contribution is 2.29. The van der Waals surface area contributed by atoms with Crippen molar-refractivity contribution in [1.82, 2.24) is 4.98 Å². The number of hydrogen-bond donors (Lipinski definition) is 2. The molecule has 0 bridgehead atoms. The van der Waals surface area contributed by atoms with Crippen LogP contribution in [0, 0.1) is 13.8 Å². The van der Waals surface area contributed by atoms with E-state index in [1.54, 1.807) is 12.2 Å². The van der Waals surface area contributed by atoms with Gasteiger partial charge in [-0.05, 0) is 37.1 Å². The minimum atomic E-state index is 1.11. The molecule has 1 aromatic heterocycles. The van der Waals surface area contributed by atoms with Gasteiger partial charge in [0.1, 0.15) is 0 Å².